The van der Waals surface area contributed by atoms with Gasteiger partial charge in [-0.15, -0.1) is 0 Å². The molecule has 2 aromatic rings. The predicted octanol–water partition coefficient (Wildman–Crippen LogP) is 5.09. The summed E-state index contributed by atoms with van der Waals surface area (Å²) in [6, 6.07) is 8.76. The molecular formula is C21H19F4NO3. The van der Waals surface area contributed by atoms with E-state index in [0.29, 0.717) is 16.7 Å². The van der Waals surface area contributed by atoms with Gasteiger partial charge in [-0.25, -0.2) is 9.18 Å². The third-order valence-electron chi connectivity index (χ3n) is 4.77. The SMILES string of the molecule is CCOC1C(C(=O)O)=C(C)c2ccc(C(F)(F)F)cc2N1Cc1cccc(F)c1. The Morgan fingerprint density at radius 1 is 1.21 bits per heavy atom. The van der Waals surface area contributed by atoms with E-state index in [4.69, 9.17) is 4.74 Å². The topological polar surface area (TPSA) is 49.8 Å². The minimum absolute atomic E-state index is 0.0270. The van der Waals surface area contributed by atoms with Crippen LogP contribution in [0.15, 0.2) is 48.0 Å². The fourth-order valence-corrected chi connectivity index (χ4v) is 3.47. The predicted molar refractivity (Wildman–Crippen MR) is 99.7 cm³/mol. The number of allylic oxidation sites excluding steroid dienone is 1. The summed E-state index contributed by atoms with van der Waals surface area (Å²) in [4.78, 5) is 13.4. The Bertz CT molecular complexity index is 969. The minimum atomic E-state index is -4.56. The summed E-state index contributed by atoms with van der Waals surface area (Å²) in [5.41, 5.74) is 0.433. The fourth-order valence-electron chi connectivity index (χ4n) is 3.47. The van der Waals surface area contributed by atoms with Gasteiger partial charge in [-0.1, -0.05) is 18.2 Å². The van der Waals surface area contributed by atoms with E-state index in [1.54, 1.807) is 19.9 Å². The first-order valence-corrected chi connectivity index (χ1v) is 8.91. The van der Waals surface area contributed by atoms with E-state index in [1.165, 1.54) is 29.2 Å². The summed E-state index contributed by atoms with van der Waals surface area (Å²) in [6.45, 7) is 3.32. The first-order valence-electron chi connectivity index (χ1n) is 8.91. The molecule has 1 unspecified atom stereocenters. The Labute approximate surface area is 165 Å². The van der Waals surface area contributed by atoms with Gasteiger partial charge >= 0.3 is 12.1 Å². The molecule has 0 saturated heterocycles. The molecule has 0 spiro atoms. The number of hydrogen-bond acceptors (Lipinski definition) is 3. The quantitative estimate of drug-likeness (QED) is 0.700. The van der Waals surface area contributed by atoms with Gasteiger partial charge in [-0.3, -0.25) is 0 Å². The highest BCUT2D eigenvalue weighted by Crippen LogP contribution is 2.42. The average Bonchev–Trinajstić information content (AvgIpc) is 2.63. The first-order chi connectivity index (χ1) is 13.6. The van der Waals surface area contributed by atoms with Crippen LogP contribution in [0, 0.1) is 5.82 Å². The standard InChI is InChI=1S/C21H19F4NO3/c1-3-29-19-18(20(27)28)12(2)16-8-7-14(21(23,24)25)10-17(16)26(19)11-13-5-4-6-15(22)9-13/h4-10,19H,3,11H2,1-2H3,(H,27,28). The summed E-state index contributed by atoms with van der Waals surface area (Å²) in [7, 11) is 0. The maximum atomic E-state index is 13.6. The van der Waals surface area contributed by atoms with Gasteiger partial charge in [-0.2, -0.15) is 13.2 Å². The average molecular weight is 409 g/mol. The van der Waals surface area contributed by atoms with Crippen LogP contribution in [-0.4, -0.2) is 23.9 Å². The van der Waals surface area contributed by atoms with Crippen molar-refractivity contribution in [1.82, 2.24) is 0 Å². The molecule has 0 amide bonds. The lowest BCUT2D eigenvalue weighted by atomic mass is 9.91. The Morgan fingerprint density at radius 2 is 1.93 bits per heavy atom. The number of aliphatic carboxylic acids is 1. The highest BCUT2D eigenvalue weighted by atomic mass is 19.4. The third kappa shape index (κ3) is 4.12. The van der Waals surface area contributed by atoms with E-state index in [-0.39, 0.29) is 24.4 Å². The minimum Gasteiger partial charge on any atom is -0.478 e. The lowest BCUT2D eigenvalue weighted by Gasteiger charge is -2.39. The molecule has 4 nitrogen and oxygen atoms in total. The molecule has 0 bridgehead atoms. The first kappa shape index (κ1) is 20.9. The van der Waals surface area contributed by atoms with Crippen LogP contribution >= 0.6 is 0 Å². The van der Waals surface area contributed by atoms with Crippen LogP contribution in [0.2, 0.25) is 0 Å². The lowest BCUT2D eigenvalue weighted by Crippen LogP contribution is -2.44. The largest absolute Gasteiger partial charge is 0.478 e. The molecule has 1 heterocycles. The molecule has 2 aromatic carbocycles. The molecule has 8 heteroatoms. The van der Waals surface area contributed by atoms with Crippen LogP contribution in [0.1, 0.15) is 30.5 Å². The second-order valence-electron chi connectivity index (χ2n) is 6.64. The van der Waals surface area contributed by atoms with E-state index in [9.17, 15) is 27.5 Å². The summed E-state index contributed by atoms with van der Waals surface area (Å²) < 4.78 is 59.2. The van der Waals surface area contributed by atoms with Gasteiger partial charge in [0, 0.05) is 24.4 Å². The molecule has 0 saturated carbocycles. The fraction of sp³-hybridized carbons (Fsp3) is 0.286. The third-order valence-corrected chi connectivity index (χ3v) is 4.77. The van der Waals surface area contributed by atoms with Crippen molar-refractivity contribution in [2.45, 2.75) is 32.8 Å². The molecule has 1 aliphatic rings. The second kappa shape index (κ2) is 7.87. The zero-order chi connectivity index (χ0) is 21.3. The van der Waals surface area contributed by atoms with E-state index in [0.717, 1.165) is 12.1 Å². The Morgan fingerprint density at radius 3 is 2.52 bits per heavy atom. The number of benzene rings is 2. The summed E-state index contributed by atoms with van der Waals surface area (Å²) in [5, 5.41) is 9.74. The van der Waals surface area contributed by atoms with Crippen LogP contribution in [0.25, 0.3) is 5.57 Å². The summed E-state index contributed by atoms with van der Waals surface area (Å²) in [6.07, 6.45) is -5.68. The van der Waals surface area contributed by atoms with E-state index in [2.05, 4.69) is 0 Å². The van der Waals surface area contributed by atoms with Gasteiger partial charge in [0.05, 0.1) is 11.1 Å². The van der Waals surface area contributed by atoms with Gasteiger partial charge in [0.15, 0.2) is 6.23 Å². The lowest BCUT2D eigenvalue weighted by molar-refractivity contribution is -0.138. The van der Waals surface area contributed by atoms with Crippen molar-refractivity contribution < 1.29 is 32.2 Å². The van der Waals surface area contributed by atoms with Crippen LogP contribution in [-0.2, 0) is 22.3 Å². The molecule has 29 heavy (non-hydrogen) atoms. The number of hydrogen-bond donors (Lipinski definition) is 1. The molecule has 1 N–H and O–H groups in total. The van der Waals surface area contributed by atoms with Crippen LogP contribution in [0.3, 0.4) is 0 Å². The van der Waals surface area contributed by atoms with Crippen molar-refractivity contribution >= 4 is 17.2 Å². The van der Waals surface area contributed by atoms with Crippen molar-refractivity contribution in [1.29, 1.82) is 0 Å². The zero-order valence-electron chi connectivity index (χ0n) is 15.8. The van der Waals surface area contributed by atoms with Crippen LogP contribution < -0.4 is 4.90 Å². The van der Waals surface area contributed by atoms with Gasteiger partial charge in [0.1, 0.15) is 5.82 Å². The molecule has 1 aliphatic heterocycles. The molecule has 3 rings (SSSR count). The number of carboxylic acid groups (broad SMARTS) is 1. The van der Waals surface area contributed by atoms with Crippen LogP contribution in [0.5, 0.6) is 0 Å². The van der Waals surface area contributed by atoms with Gasteiger partial charge in [-0.05, 0) is 49.2 Å². The molecule has 0 aliphatic carbocycles. The maximum Gasteiger partial charge on any atom is 0.416 e. The van der Waals surface area contributed by atoms with Crippen LogP contribution in [0.4, 0.5) is 23.2 Å². The number of ether oxygens (including phenoxy) is 1. The Hall–Kier alpha value is -2.87. The van der Waals surface area contributed by atoms with Crippen molar-refractivity contribution in [3.63, 3.8) is 0 Å². The van der Waals surface area contributed by atoms with Gasteiger partial charge in [0.2, 0.25) is 0 Å². The number of nitrogens with zero attached hydrogens (tertiary/aromatic N) is 1. The molecule has 0 aromatic heterocycles. The van der Waals surface area contributed by atoms with E-state index in [1.807, 2.05) is 0 Å². The normalized spacial score (nSPS) is 16.8. The monoisotopic (exact) mass is 409 g/mol. The maximum absolute atomic E-state index is 13.6. The number of fused-ring (bicyclic) bond motifs is 1. The number of anilines is 1. The number of halogens is 4. The van der Waals surface area contributed by atoms with E-state index >= 15 is 0 Å². The molecular weight excluding hydrogens is 390 g/mol. The molecule has 1 atom stereocenters. The van der Waals surface area contributed by atoms with Crippen molar-refractivity contribution in [2.24, 2.45) is 0 Å². The van der Waals surface area contributed by atoms with Crippen molar-refractivity contribution in [2.75, 3.05) is 11.5 Å². The second-order valence-corrected chi connectivity index (χ2v) is 6.64. The number of carboxylic acids is 1. The molecule has 154 valence electrons. The van der Waals surface area contributed by atoms with Gasteiger partial charge in [0.25, 0.3) is 0 Å². The Balaban J connectivity index is 2.21. The number of carbonyl (C=O) groups is 1. The zero-order valence-corrected chi connectivity index (χ0v) is 15.8. The smallest absolute Gasteiger partial charge is 0.416 e. The molecule has 0 fully saturated rings. The Kier molecular flexibility index (Phi) is 5.66. The molecule has 0 radical (unpaired) electrons. The van der Waals surface area contributed by atoms with Gasteiger partial charge < -0.3 is 14.7 Å². The highest BCUT2D eigenvalue weighted by Gasteiger charge is 2.38. The number of alkyl halides is 3. The number of rotatable bonds is 5. The van der Waals surface area contributed by atoms with E-state index < -0.39 is 29.8 Å². The van der Waals surface area contributed by atoms with Crippen molar-refractivity contribution in [3.05, 3.63) is 70.5 Å². The highest BCUT2D eigenvalue weighted by molar-refractivity contribution is 6.01. The summed E-state index contributed by atoms with van der Waals surface area (Å²) >= 11 is 0. The summed E-state index contributed by atoms with van der Waals surface area (Å²) in [5.74, 6) is -1.72. The van der Waals surface area contributed by atoms with Crippen molar-refractivity contribution in [3.8, 4) is 0 Å².